The Kier molecular flexibility index (Phi) is 4.15. The van der Waals surface area contributed by atoms with E-state index in [0.717, 1.165) is 5.56 Å². The van der Waals surface area contributed by atoms with Crippen LogP contribution in [0.5, 0.6) is 5.75 Å². The Labute approximate surface area is 122 Å². The average molecular weight is 291 g/mol. The van der Waals surface area contributed by atoms with Crippen molar-refractivity contribution in [1.29, 1.82) is 0 Å². The van der Waals surface area contributed by atoms with Crippen LogP contribution < -0.4 is 11.1 Å². The van der Waals surface area contributed by atoms with Crippen LogP contribution in [0, 0.1) is 0 Å². The zero-order valence-corrected chi connectivity index (χ0v) is 11.7. The smallest absolute Gasteiger partial charge is 0.253 e. The molecular formula is C15H15ClN2O2. The molecule has 1 unspecified atom stereocenters. The lowest BCUT2D eigenvalue weighted by molar-refractivity contribution is 0.0940. The van der Waals surface area contributed by atoms with Crippen LogP contribution >= 0.6 is 11.6 Å². The summed E-state index contributed by atoms with van der Waals surface area (Å²) < 4.78 is 0. The van der Waals surface area contributed by atoms with Gasteiger partial charge in [0.2, 0.25) is 0 Å². The van der Waals surface area contributed by atoms with E-state index >= 15 is 0 Å². The highest BCUT2D eigenvalue weighted by Crippen LogP contribution is 2.21. The van der Waals surface area contributed by atoms with Crippen molar-refractivity contribution in [2.75, 3.05) is 5.73 Å². The predicted molar refractivity (Wildman–Crippen MR) is 79.9 cm³/mol. The van der Waals surface area contributed by atoms with Gasteiger partial charge in [-0.15, -0.1) is 0 Å². The molecule has 0 saturated heterocycles. The number of phenolic OH excluding ortho intramolecular Hbond substituents is 1. The van der Waals surface area contributed by atoms with Crippen molar-refractivity contribution in [3.8, 4) is 5.75 Å². The summed E-state index contributed by atoms with van der Waals surface area (Å²) >= 11 is 5.92. The molecule has 0 fully saturated rings. The number of carbonyl (C=O) groups excluding carboxylic acids is 1. The van der Waals surface area contributed by atoms with Crippen molar-refractivity contribution in [3.63, 3.8) is 0 Å². The quantitative estimate of drug-likeness (QED) is 0.600. The molecule has 104 valence electrons. The maximum Gasteiger partial charge on any atom is 0.253 e. The molecule has 0 radical (unpaired) electrons. The molecule has 4 nitrogen and oxygen atoms in total. The molecule has 4 N–H and O–H groups in total. The topological polar surface area (TPSA) is 75.3 Å². The average Bonchev–Trinajstić information content (AvgIpc) is 2.41. The van der Waals surface area contributed by atoms with Gasteiger partial charge in [-0.25, -0.2) is 0 Å². The molecule has 2 rings (SSSR count). The number of amides is 1. The highest BCUT2D eigenvalue weighted by Gasteiger charge is 2.14. The summed E-state index contributed by atoms with van der Waals surface area (Å²) in [6.07, 6.45) is 0. The second kappa shape index (κ2) is 5.84. The lowest BCUT2D eigenvalue weighted by Gasteiger charge is -2.15. The van der Waals surface area contributed by atoms with Crippen molar-refractivity contribution in [2.24, 2.45) is 0 Å². The number of hydrogen-bond donors (Lipinski definition) is 3. The molecule has 0 aromatic heterocycles. The van der Waals surface area contributed by atoms with E-state index in [1.54, 1.807) is 12.1 Å². The zero-order valence-electron chi connectivity index (χ0n) is 10.9. The number of benzene rings is 2. The van der Waals surface area contributed by atoms with Crippen LogP contribution in [-0.4, -0.2) is 11.0 Å². The number of nitrogens with two attached hydrogens (primary N) is 1. The normalized spacial score (nSPS) is 11.9. The van der Waals surface area contributed by atoms with E-state index in [0.29, 0.717) is 10.7 Å². The second-order valence-electron chi connectivity index (χ2n) is 4.52. The van der Waals surface area contributed by atoms with Gasteiger partial charge in [0.05, 0.1) is 11.6 Å². The molecule has 5 heteroatoms. The SMILES string of the molecule is CC(NC(=O)c1cc(O)ccc1N)c1cccc(Cl)c1. The molecule has 0 heterocycles. The van der Waals surface area contributed by atoms with Crippen molar-refractivity contribution in [2.45, 2.75) is 13.0 Å². The fraction of sp³-hybridized carbons (Fsp3) is 0.133. The number of phenols is 1. The molecule has 0 saturated carbocycles. The minimum atomic E-state index is -0.342. The van der Waals surface area contributed by atoms with Crippen molar-refractivity contribution in [3.05, 3.63) is 58.6 Å². The monoisotopic (exact) mass is 290 g/mol. The number of nitrogens with one attached hydrogen (secondary N) is 1. The van der Waals surface area contributed by atoms with Gasteiger partial charge in [-0.05, 0) is 42.8 Å². The van der Waals surface area contributed by atoms with Gasteiger partial charge < -0.3 is 16.2 Å². The number of nitrogen functional groups attached to an aromatic ring is 1. The predicted octanol–water partition coefficient (Wildman–Crippen LogP) is 3.12. The highest BCUT2D eigenvalue weighted by atomic mass is 35.5. The van der Waals surface area contributed by atoms with Crippen LogP contribution in [0.1, 0.15) is 28.9 Å². The third kappa shape index (κ3) is 3.22. The van der Waals surface area contributed by atoms with Crippen LogP contribution in [0.4, 0.5) is 5.69 Å². The Bertz CT molecular complexity index is 644. The van der Waals surface area contributed by atoms with Gasteiger partial charge in [0.25, 0.3) is 5.91 Å². The molecule has 0 aliphatic heterocycles. The van der Waals surface area contributed by atoms with Crippen LogP contribution in [0.3, 0.4) is 0 Å². The Balaban J connectivity index is 2.17. The van der Waals surface area contributed by atoms with Gasteiger partial charge in [-0.3, -0.25) is 4.79 Å². The van der Waals surface area contributed by atoms with Crippen molar-refractivity contribution >= 4 is 23.2 Å². The highest BCUT2D eigenvalue weighted by molar-refractivity contribution is 6.30. The van der Waals surface area contributed by atoms with E-state index in [9.17, 15) is 9.90 Å². The lowest BCUT2D eigenvalue weighted by Crippen LogP contribution is -2.27. The molecular weight excluding hydrogens is 276 g/mol. The summed E-state index contributed by atoms with van der Waals surface area (Å²) in [5.41, 5.74) is 7.20. The molecule has 0 spiro atoms. The first-order valence-corrected chi connectivity index (χ1v) is 6.50. The van der Waals surface area contributed by atoms with Gasteiger partial charge in [0, 0.05) is 10.7 Å². The van der Waals surface area contributed by atoms with Gasteiger partial charge >= 0.3 is 0 Å². The van der Waals surface area contributed by atoms with Crippen LogP contribution in [0.25, 0.3) is 0 Å². The Morgan fingerprint density at radius 1 is 1.30 bits per heavy atom. The number of hydrogen-bond acceptors (Lipinski definition) is 3. The third-order valence-corrected chi connectivity index (χ3v) is 3.21. The Hall–Kier alpha value is -2.20. The Morgan fingerprint density at radius 2 is 2.05 bits per heavy atom. The largest absolute Gasteiger partial charge is 0.508 e. The molecule has 2 aromatic rings. The lowest BCUT2D eigenvalue weighted by atomic mass is 10.1. The summed E-state index contributed by atoms with van der Waals surface area (Å²) in [5.74, 6) is -0.342. The van der Waals surface area contributed by atoms with Gasteiger partial charge in [-0.1, -0.05) is 23.7 Å². The van der Waals surface area contributed by atoms with Gasteiger partial charge in [0.15, 0.2) is 0 Å². The molecule has 20 heavy (non-hydrogen) atoms. The number of aromatic hydroxyl groups is 1. The standard InChI is InChI=1S/C15H15ClN2O2/c1-9(10-3-2-4-11(16)7-10)18-15(20)13-8-12(19)5-6-14(13)17/h2-9,19H,17H2,1H3,(H,18,20). The molecule has 2 aromatic carbocycles. The first kappa shape index (κ1) is 14.2. The summed E-state index contributed by atoms with van der Waals surface area (Å²) in [6, 6.07) is 11.3. The van der Waals surface area contributed by atoms with Crippen molar-refractivity contribution in [1.82, 2.24) is 5.32 Å². The number of halogens is 1. The molecule has 0 bridgehead atoms. The number of carbonyl (C=O) groups is 1. The third-order valence-electron chi connectivity index (χ3n) is 2.98. The molecule has 1 amide bonds. The van der Waals surface area contributed by atoms with Gasteiger partial charge in [0.1, 0.15) is 5.75 Å². The zero-order chi connectivity index (χ0) is 14.7. The number of rotatable bonds is 3. The van der Waals surface area contributed by atoms with E-state index in [-0.39, 0.29) is 23.3 Å². The second-order valence-corrected chi connectivity index (χ2v) is 4.96. The first-order chi connectivity index (χ1) is 9.47. The number of anilines is 1. The van der Waals surface area contributed by atoms with E-state index in [1.807, 2.05) is 19.1 Å². The minimum absolute atomic E-state index is 0.000224. The minimum Gasteiger partial charge on any atom is -0.508 e. The van der Waals surface area contributed by atoms with Crippen molar-refractivity contribution < 1.29 is 9.90 Å². The van der Waals surface area contributed by atoms with Crippen LogP contribution in [-0.2, 0) is 0 Å². The first-order valence-electron chi connectivity index (χ1n) is 6.12. The van der Waals surface area contributed by atoms with E-state index in [1.165, 1.54) is 18.2 Å². The molecule has 0 aliphatic carbocycles. The fourth-order valence-electron chi connectivity index (χ4n) is 1.87. The fourth-order valence-corrected chi connectivity index (χ4v) is 2.07. The van der Waals surface area contributed by atoms with E-state index in [4.69, 9.17) is 17.3 Å². The summed E-state index contributed by atoms with van der Waals surface area (Å²) in [6.45, 7) is 1.85. The van der Waals surface area contributed by atoms with Crippen LogP contribution in [0.2, 0.25) is 5.02 Å². The maximum atomic E-state index is 12.2. The summed E-state index contributed by atoms with van der Waals surface area (Å²) in [5, 5.41) is 12.9. The summed E-state index contributed by atoms with van der Waals surface area (Å²) in [7, 11) is 0. The molecule has 1 atom stereocenters. The van der Waals surface area contributed by atoms with Crippen LogP contribution in [0.15, 0.2) is 42.5 Å². The maximum absolute atomic E-state index is 12.2. The molecule has 0 aliphatic rings. The summed E-state index contributed by atoms with van der Waals surface area (Å²) in [4.78, 5) is 12.2. The van der Waals surface area contributed by atoms with E-state index < -0.39 is 0 Å². The Morgan fingerprint density at radius 3 is 2.75 bits per heavy atom. The van der Waals surface area contributed by atoms with E-state index in [2.05, 4.69) is 5.32 Å². The van der Waals surface area contributed by atoms with Gasteiger partial charge in [-0.2, -0.15) is 0 Å².